The minimum absolute atomic E-state index is 0.0462. The Hall–Kier alpha value is -2.18. The van der Waals surface area contributed by atoms with Gasteiger partial charge in [0.05, 0.1) is 26.7 Å². The van der Waals surface area contributed by atoms with Crippen molar-refractivity contribution in [2.45, 2.75) is 26.4 Å². The average molecular weight is 362 g/mol. The van der Waals surface area contributed by atoms with Crippen molar-refractivity contribution in [1.29, 1.82) is 0 Å². The van der Waals surface area contributed by atoms with E-state index in [0.29, 0.717) is 25.9 Å². The number of thiophene rings is 1. The molecule has 124 valence electrons. The van der Waals surface area contributed by atoms with Gasteiger partial charge in [0.2, 0.25) is 0 Å². The molecule has 2 aromatic heterocycles. The Balaban J connectivity index is 1.94. The maximum Gasteiger partial charge on any atom is 0.264 e. The molecule has 7 heteroatoms. The van der Waals surface area contributed by atoms with Crippen LogP contribution in [0.4, 0.5) is 0 Å². The van der Waals surface area contributed by atoms with Gasteiger partial charge >= 0.3 is 0 Å². The quantitative estimate of drug-likeness (QED) is 0.770. The normalized spacial score (nSPS) is 11.2. The molecule has 3 rings (SSSR count). The van der Waals surface area contributed by atoms with E-state index < -0.39 is 0 Å². The third-order valence-corrected chi connectivity index (χ3v) is 4.87. The number of nitrogens with one attached hydrogen (secondary N) is 1. The third-order valence-electron chi connectivity index (χ3n) is 3.65. The lowest BCUT2D eigenvalue weighted by Gasteiger charge is -2.25. The van der Waals surface area contributed by atoms with Crippen LogP contribution in [0.1, 0.15) is 29.3 Å². The molecule has 2 heterocycles. The Morgan fingerprint density at radius 3 is 2.71 bits per heavy atom. The summed E-state index contributed by atoms with van der Waals surface area (Å²) in [5, 5.41) is 0.536. The van der Waals surface area contributed by atoms with Crippen molar-refractivity contribution < 1.29 is 4.79 Å². The summed E-state index contributed by atoms with van der Waals surface area (Å²) in [5.74, 6) is 0.334. The van der Waals surface area contributed by atoms with Crippen LogP contribution in [0, 0.1) is 0 Å². The summed E-state index contributed by atoms with van der Waals surface area (Å²) in [6.45, 7) is 4.07. The second kappa shape index (κ2) is 6.75. The first-order valence-electron chi connectivity index (χ1n) is 7.50. The van der Waals surface area contributed by atoms with Crippen LogP contribution in [0.15, 0.2) is 41.2 Å². The molecule has 5 nitrogen and oxygen atoms in total. The van der Waals surface area contributed by atoms with E-state index in [4.69, 9.17) is 11.6 Å². The molecule has 24 heavy (non-hydrogen) atoms. The van der Waals surface area contributed by atoms with Crippen molar-refractivity contribution in [2.75, 3.05) is 0 Å². The molecule has 0 unspecified atom stereocenters. The van der Waals surface area contributed by atoms with Gasteiger partial charge in [0.15, 0.2) is 0 Å². The number of hydrogen-bond acceptors (Lipinski definition) is 4. The van der Waals surface area contributed by atoms with E-state index in [1.807, 2.05) is 19.9 Å². The van der Waals surface area contributed by atoms with Gasteiger partial charge in [-0.1, -0.05) is 23.7 Å². The summed E-state index contributed by atoms with van der Waals surface area (Å²) in [6, 6.07) is 10.5. The lowest BCUT2D eigenvalue weighted by atomic mass is 10.2. The summed E-state index contributed by atoms with van der Waals surface area (Å²) < 4.78 is 0.569. The topological polar surface area (TPSA) is 66.1 Å². The number of aromatic amines is 1. The molecule has 0 bridgehead atoms. The number of benzene rings is 1. The molecule has 1 aromatic carbocycles. The maximum atomic E-state index is 12.7. The van der Waals surface area contributed by atoms with E-state index in [1.165, 1.54) is 11.3 Å². The van der Waals surface area contributed by atoms with Gasteiger partial charge in [0.25, 0.3) is 11.5 Å². The SMILES string of the molecule is CC(C)N(Cc1nc2ccccc2c(=O)[nH]1)C(=O)c1ccc(Cl)s1. The number of aromatic nitrogens is 2. The van der Waals surface area contributed by atoms with E-state index in [9.17, 15) is 9.59 Å². The van der Waals surface area contributed by atoms with E-state index in [2.05, 4.69) is 9.97 Å². The highest BCUT2D eigenvalue weighted by Gasteiger charge is 2.21. The Kier molecular flexibility index (Phi) is 4.69. The van der Waals surface area contributed by atoms with Crippen LogP contribution in [0.3, 0.4) is 0 Å². The van der Waals surface area contributed by atoms with Crippen molar-refractivity contribution in [3.05, 3.63) is 61.8 Å². The van der Waals surface area contributed by atoms with E-state index in [0.717, 1.165) is 0 Å². The van der Waals surface area contributed by atoms with Crippen LogP contribution < -0.4 is 5.56 Å². The van der Waals surface area contributed by atoms with Crippen molar-refractivity contribution in [2.24, 2.45) is 0 Å². The lowest BCUT2D eigenvalue weighted by molar-refractivity contribution is 0.0690. The van der Waals surface area contributed by atoms with Gasteiger partial charge in [-0.3, -0.25) is 9.59 Å². The first-order chi connectivity index (χ1) is 11.5. The number of H-pyrrole nitrogens is 1. The fourth-order valence-corrected chi connectivity index (χ4v) is 3.43. The molecule has 0 radical (unpaired) electrons. The van der Waals surface area contributed by atoms with Gasteiger partial charge < -0.3 is 9.88 Å². The first-order valence-corrected chi connectivity index (χ1v) is 8.69. The number of halogens is 1. The van der Waals surface area contributed by atoms with Crippen molar-refractivity contribution in [3.8, 4) is 0 Å². The zero-order valence-electron chi connectivity index (χ0n) is 13.2. The summed E-state index contributed by atoms with van der Waals surface area (Å²) in [7, 11) is 0. The van der Waals surface area contributed by atoms with Crippen LogP contribution >= 0.6 is 22.9 Å². The number of para-hydroxylation sites is 1. The number of carbonyl (C=O) groups is 1. The molecular weight excluding hydrogens is 346 g/mol. The number of amides is 1. The second-order valence-electron chi connectivity index (χ2n) is 5.66. The van der Waals surface area contributed by atoms with Crippen LogP contribution in [0.25, 0.3) is 10.9 Å². The highest BCUT2D eigenvalue weighted by molar-refractivity contribution is 7.17. The molecule has 1 N–H and O–H groups in total. The van der Waals surface area contributed by atoms with Crippen LogP contribution in [0.2, 0.25) is 4.34 Å². The van der Waals surface area contributed by atoms with E-state index >= 15 is 0 Å². The number of rotatable bonds is 4. The molecule has 0 spiro atoms. The third kappa shape index (κ3) is 3.34. The fourth-order valence-electron chi connectivity index (χ4n) is 2.43. The summed E-state index contributed by atoms with van der Waals surface area (Å²) in [5.41, 5.74) is 0.414. The maximum absolute atomic E-state index is 12.7. The van der Waals surface area contributed by atoms with Gasteiger partial charge in [-0.25, -0.2) is 4.98 Å². The van der Waals surface area contributed by atoms with Gasteiger partial charge in [-0.05, 0) is 38.1 Å². The molecule has 0 saturated carbocycles. The van der Waals surface area contributed by atoms with Crippen molar-refractivity contribution in [3.63, 3.8) is 0 Å². The average Bonchev–Trinajstić information content (AvgIpc) is 2.98. The minimum atomic E-state index is -0.203. The smallest absolute Gasteiger partial charge is 0.264 e. The highest BCUT2D eigenvalue weighted by Crippen LogP contribution is 2.24. The molecule has 0 aliphatic carbocycles. The molecule has 0 aliphatic rings. The Morgan fingerprint density at radius 1 is 1.29 bits per heavy atom. The Morgan fingerprint density at radius 2 is 2.04 bits per heavy atom. The molecule has 1 amide bonds. The molecule has 0 saturated heterocycles. The van der Waals surface area contributed by atoms with E-state index in [1.54, 1.807) is 35.2 Å². The van der Waals surface area contributed by atoms with Gasteiger partial charge in [-0.15, -0.1) is 11.3 Å². The summed E-state index contributed by atoms with van der Waals surface area (Å²) >= 11 is 7.16. The highest BCUT2D eigenvalue weighted by atomic mass is 35.5. The second-order valence-corrected chi connectivity index (χ2v) is 7.38. The van der Waals surface area contributed by atoms with Gasteiger partial charge in [0, 0.05) is 6.04 Å². The molecule has 0 fully saturated rings. The minimum Gasteiger partial charge on any atom is -0.328 e. The molecule has 0 aliphatic heterocycles. The van der Waals surface area contributed by atoms with Crippen molar-refractivity contribution in [1.82, 2.24) is 14.9 Å². The predicted molar refractivity (Wildman–Crippen MR) is 96.7 cm³/mol. The number of fused-ring (bicyclic) bond motifs is 1. The monoisotopic (exact) mass is 361 g/mol. The van der Waals surface area contributed by atoms with Gasteiger partial charge in [0.1, 0.15) is 5.82 Å². The van der Waals surface area contributed by atoms with Crippen LogP contribution in [-0.2, 0) is 6.54 Å². The molecular formula is C17H16ClN3O2S. The number of nitrogens with zero attached hydrogens (tertiary/aromatic N) is 2. The van der Waals surface area contributed by atoms with E-state index in [-0.39, 0.29) is 24.1 Å². The molecule has 3 aromatic rings. The zero-order chi connectivity index (χ0) is 17.3. The summed E-state index contributed by atoms with van der Waals surface area (Å²) in [4.78, 5) is 34.3. The predicted octanol–water partition coefficient (Wildman–Crippen LogP) is 3.69. The zero-order valence-corrected chi connectivity index (χ0v) is 14.8. The lowest BCUT2D eigenvalue weighted by Crippen LogP contribution is -2.37. The number of carbonyl (C=O) groups excluding carboxylic acids is 1. The fraction of sp³-hybridized carbons (Fsp3) is 0.235. The van der Waals surface area contributed by atoms with Crippen molar-refractivity contribution >= 4 is 39.7 Å². The molecule has 0 atom stereocenters. The van der Waals surface area contributed by atoms with Crippen LogP contribution in [0.5, 0.6) is 0 Å². The van der Waals surface area contributed by atoms with Gasteiger partial charge in [-0.2, -0.15) is 0 Å². The Labute approximate surface area is 147 Å². The summed E-state index contributed by atoms with van der Waals surface area (Å²) in [6.07, 6.45) is 0. The van der Waals surface area contributed by atoms with Crippen LogP contribution in [-0.4, -0.2) is 26.8 Å². The standard InChI is InChI=1S/C17H16ClN3O2S/c1-10(2)21(17(23)13-7-8-14(18)24-13)9-15-19-12-6-4-3-5-11(12)16(22)20-15/h3-8,10H,9H2,1-2H3,(H,19,20,22). The first kappa shape index (κ1) is 16.7. The number of hydrogen-bond donors (Lipinski definition) is 1. The largest absolute Gasteiger partial charge is 0.328 e. The Bertz CT molecular complexity index is 948.